The summed E-state index contributed by atoms with van der Waals surface area (Å²) in [4.78, 5) is 4.80. The molecule has 2 aromatic rings. The number of hydrogen-bond acceptors (Lipinski definition) is 3. The molecule has 0 spiro atoms. The third-order valence-corrected chi connectivity index (χ3v) is 4.27. The van der Waals surface area contributed by atoms with Gasteiger partial charge in [-0.05, 0) is 24.8 Å². The highest BCUT2D eigenvalue weighted by molar-refractivity contribution is 5.71. The van der Waals surface area contributed by atoms with Crippen LogP contribution in [0, 0.1) is 5.92 Å². The minimum absolute atomic E-state index is 0.428. The molecule has 0 bridgehead atoms. The molecule has 21 heavy (non-hydrogen) atoms. The number of nitrogens with two attached hydrogens (primary N) is 1. The standard InChI is InChI=1S/C17H23N3O/c1-11-8-12(2)20-15(9-11)19-16(17(20)18)14-6-4-13(5-7-14)10-21-3/h4-7,11-12H,8-10,18H2,1-3H3. The number of anilines is 1. The van der Waals surface area contributed by atoms with E-state index in [0.29, 0.717) is 18.6 Å². The molecule has 3 rings (SSSR count). The third kappa shape index (κ3) is 2.56. The second-order valence-corrected chi connectivity index (χ2v) is 6.16. The number of fused-ring (bicyclic) bond motifs is 1. The summed E-state index contributed by atoms with van der Waals surface area (Å²) in [6, 6.07) is 8.73. The molecule has 0 saturated carbocycles. The molecule has 2 atom stereocenters. The van der Waals surface area contributed by atoms with Crippen molar-refractivity contribution in [1.29, 1.82) is 0 Å². The lowest BCUT2D eigenvalue weighted by Gasteiger charge is -2.27. The van der Waals surface area contributed by atoms with Crippen LogP contribution in [-0.4, -0.2) is 16.7 Å². The fourth-order valence-electron chi connectivity index (χ4n) is 3.35. The maximum Gasteiger partial charge on any atom is 0.131 e. The van der Waals surface area contributed by atoms with Gasteiger partial charge in [0, 0.05) is 25.1 Å². The Hall–Kier alpha value is -1.81. The summed E-state index contributed by atoms with van der Waals surface area (Å²) in [6.45, 7) is 5.14. The zero-order chi connectivity index (χ0) is 15.0. The molecule has 112 valence electrons. The Morgan fingerprint density at radius 2 is 2.00 bits per heavy atom. The second-order valence-electron chi connectivity index (χ2n) is 6.16. The van der Waals surface area contributed by atoms with Crippen LogP contribution in [0.3, 0.4) is 0 Å². The van der Waals surface area contributed by atoms with Crippen LogP contribution in [0.5, 0.6) is 0 Å². The molecule has 2 heterocycles. The number of methoxy groups -OCH3 is 1. The SMILES string of the molecule is COCc1ccc(-c2nc3n(c2N)C(C)CC(C)C3)cc1. The normalized spacial score (nSPS) is 21.3. The van der Waals surface area contributed by atoms with Crippen LogP contribution in [0.15, 0.2) is 24.3 Å². The van der Waals surface area contributed by atoms with E-state index in [2.05, 4.69) is 42.7 Å². The monoisotopic (exact) mass is 285 g/mol. The molecule has 0 fully saturated rings. The van der Waals surface area contributed by atoms with E-state index in [1.807, 2.05) is 0 Å². The van der Waals surface area contributed by atoms with Crippen LogP contribution < -0.4 is 5.73 Å². The highest BCUT2D eigenvalue weighted by Gasteiger charge is 2.26. The lowest BCUT2D eigenvalue weighted by atomic mass is 9.95. The Labute approximate surface area is 125 Å². The molecular weight excluding hydrogens is 262 g/mol. The number of nitrogens with zero attached hydrogens (tertiary/aromatic N) is 2. The van der Waals surface area contributed by atoms with Crippen molar-refractivity contribution >= 4 is 5.82 Å². The van der Waals surface area contributed by atoms with Crippen molar-refractivity contribution in [3.8, 4) is 11.3 Å². The Morgan fingerprint density at radius 3 is 2.67 bits per heavy atom. The van der Waals surface area contributed by atoms with Crippen LogP contribution in [0.4, 0.5) is 5.82 Å². The van der Waals surface area contributed by atoms with Gasteiger partial charge in [0.1, 0.15) is 17.3 Å². The van der Waals surface area contributed by atoms with Crippen LogP contribution in [0.2, 0.25) is 0 Å². The van der Waals surface area contributed by atoms with E-state index < -0.39 is 0 Å². The smallest absolute Gasteiger partial charge is 0.131 e. The Balaban J connectivity index is 1.98. The predicted octanol–water partition coefficient (Wildman–Crippen LogP) is 3.42. The summed E-state index contributed by atoms with van der Waals surface area (Å²) < 4.78 is 7.35. The van der Waals surface area contributed by atoms with E-state index in [0.717, 1.165) is 34.9 Å². The fourth-order valence-corrected chi connectivity index (χ4v) is 3.35. The van der Waals surface area contributed by atoms with Crippen molar-refractivity contribution < 1.29 is 4.74 Å². The Morgan fingerprint density at radius 1 is 1.29 bits per heavy atom. The average molecular weight is 285 g/mol. The van der Waals surface area contributed by atoms with Crippen molar-refractivity contribution in [2.45, 2.75) is 39.3 Å². The molecule has 4 heteroatoms. The van der Waals surface area contributed by atoms with Gasteiger partial charge in [-0.2, -0.15) is 0 Å². The number of aromatic nitrogens is 2. The highest BCUT2D eigenvalue weighted by atomic mass is 16.5. The van der Waals surface area contributed by atoms with Gasteiger partial charge >= 0.3 is 0 Å². The maximum atomic E-state index is 6.36. The van der Waals surface area contributed by atoms with Crippen molar-refractivity contribution in [1.82, 2.24) is 9.55 Å². The summed E-state index contributed by atoms with van der Waals surface area (Å²) in [6.07, 6.45) is 2.18. The van der Waals surface area contributed by atoms with E-state index in [-0.39, 0.29) is 0 Å². The van der Waals surface area contributed by atoms with Crippen LogP contribution in [-0.2, 0) is 17.8 Å². The zero-order valence-electron chi connectivity index (χ0n) is 13.0. The van der Waals surface area contributed by atoms with Gasteiger partial charge in [0.15, 0.2) is 0 Å². The van der Waals surface area contributed by atoms with E-state index >= 15 is 0 Å². The minimum atomic E-state index is 0.428. The zero-order valence-corrected chi connectivity index (χ0v) is 13.0. The van der Waals surface area contributed by atoms with Gasteiger partial charge in [-0.3, -0.25) is 0 Å². The largest absolute Gasteiger partial charge is 0.383 e. The van der Waals surface area contributed by atoms with Gasteiger partial charge in [-0.1, -0.05) is 31.2 Å². The molecule has 0 aliphatic carbocycles. The number of rotatable bonds is 3. The van der Waals surface area contributed by atoms with Crippen molar-refractivity contribution in [2.24, 2.45) is 5.92 Å². The van der Waals surface area contributed by atoms with Gasteiger partial charge in [-0.25, -0.2) is 4.98 Å². The van der Waals surface area contributed by atoms with E-state index in [9.17, 15) is 0 Å². The molecule has 0 radical (unpaired) electrons. The molecule has 2 unspecified atom stereocenters. The molecule has 1 aliphatic rings. The lowest BCUT2D eigenvalue weighted by molar-refractivity contribution is 0.185. The maximum absolute atomic E-state index is 6.36. The third-order valence-electron chi connectivity index (χ3n) is 4.27. The van der Waals surface area contributed by atoms with E-state index in [1.165, 1.54) is 6.42 Å². The minimum Gasteiger partial charge on any atom is -0.383 e. The van der Waals surface area contributed by atoms with Gasteiger partial charge in [0.2, 0.25) is 0 Å². The summed E-state index contributed by atoms with van der Waals surface area (Å²) in [5.74, 6) is 2.59. The summed E-state index contributed by atoms with van der Waals surface area (Å²) >= 11 is 0. The number of nitrogen functional groups attached to an aromatic ring is 1. The number of hydrogen-bond donors (Lipinski definition) is 1. The molecule has 1 aromatic carbocycles. The molecule has 4 nitrogen and oxygen atoms in total. The molecular formula is C17H23N3O. The summed E-state index contributed by atoms with van der Waals surface area (Å²) in [5.41, 5.74) is 9.51. The van der Waals surface area contributed by atoms with Gasteiger partial charge in [0.25, 0.3) is 0 Å². The van der Waals surface area contributed by atoms with E-state index in [4.69, 9.17) is 15.5 Å². The lowest BCUT2D eigenvalue weighted by Crippen LogP contribution is -2.22. The topological polar surface area (TPSA) is 53.1 Å². The first-order valence-electron chi connectivity index (χ1n) is 7.55. The molecule has 2 N–H and O–H groups in total. The summed E-state index contributed by atoms with van der Waals surface area (Å²) in [5, 5.41) is 0. The van der Waals surface area contributed by atoms with Crippen LogP contribution in [0.25, 0.3) is 11.3 Å². The van der Waals surface area contributed by atoms with Crippen LogP contribution in [0.1, 0.15) is 37.7 Å². The Kier molecular flexibility index (Phi) is 3.72. The average Bonchev–Trinajstić information content (AvgIpc) is 2.77. The van der Waals surface area contributed by atoms with E-state index in [1.54, 1.807) is 7.11 Å². The summed E-state index contributed by atoms with van der Waals surface area (Å²) in [7, 11) is 1.71. The Bertz CT molecular complexity index is 630. The first-order chi connectivity index (χ1) is 10.1. The molecule has 1 aliphatic heterocycles. The second kappa shape index (κ2) is 5.53. The fraction of sp³-hybridized carbons (Fsp3) is 0.471. The number of imidazole rings is 1. The highest BCUT2D eigenvalue weighted by Crippen LogP contribution is 2.36. The molecule has 1 aromatic heterocycles. The van der Waals surface area contributed by atoms with Crippen molar-refractivity contribution in [3.63, 3.8) is 0 Å². The van der Waals surface area contributed by atoms with Gasteiger partial charge < -0.3 is 15.0 Å². The number of ether oxygens (including phenoxy) is 1. The predicted molar refractivity (Wildman–Crippen MR) is 85.0 cm³/mol. The first kappa shape index (κ1) is 14.1. The van der Waals surface area contributed by atoms with Crippen molar-refractivity contribution in [2.75, 3.05) is 12.8 Å². The quantitative estimate of drug-likeness (QED) is 0.940. The van der Waals surface area contributed by atoms with Gasteiger partial charge in [-0.15, -0.1) is 0 Å². The van der Waals surface area contributed by atoms with Crippen LogP contribution >= 0.6 is 0 Å². The van der Waals surface area contributed by atoms with Crippen molar-refractivity contribution in [3.05, 3.63) is 35.7 Å². The molecule has 0 amide bonds. The number of benzene rings is 1. The molecule has 0 saturated heterocycles. The van der Waals surface area contributed by atoms with Gasteiger partial charge in [0.05, 0.1) is 6.61 Å². The first-order valence-corrected chi connectivity index (χ1v) is 7.55.